The minimum Gasteiger partial charge on any atom is -0.357 e. The van der Waals surface area contributed by atoms with E-state index in [1.54, 1.807) is 0 Å². The fourth-order valence-corrected chi connectivity index (χ4v) is 4.45. The Balaban J connectivity index is 1.71. The van der Waals surface area contributed by atoms with E-state index in [-0.39, 0.29) is 0 Å². The second-order valence-electron chi connectivity index (χ2n) is 7.68. The molecule has 2 aromatic heterocycles. The first kappa shape index (κ1) is 17.9. The van der Waals surface area contributed by atoms with E-state index >= 15 is 0 Å². The highest BCUT2D eigenvalue weighted by Crippen LogP contribution is 2.37. The van der Waals surface area contributed by atoms with Crippen molar-refractivity contribution in [1.82, 2.24) is 9.38 Å². The summed E-state index contributed by atoms with van der Waals surface area (Å²) < 4.78 is 2.24. The molecular formula is C23H28N4. The summed E-state index contributed by atoms with van der Waals surface area (Å²) in [6, 6.07) is 10.6. The molecule has 0 N–H and O–H groups in total. The number of unbranched alkanes of at least 4 members (excludes halogenated alkanes) is 5. The van der Waals surface area contributed by atoms with Crippen LogP contribution in [0.4, 0.5) is 5.82 Å². The standard InChI is InChI=1S/C23H28N4/c1-3-4-5-6-7-10-14-26-15-13-18-17(2)19(16-24)22-25-20-11-8-9-12-21(20)27(22)23(18)26/h8-9,11-12H,3-7,10,13-15H2,1-2H3. The van der Waals surface area contributed by atoms with E-state index in [0.717, 1.165) is 47.3 Å². The maximum Gasteiger partial charge on any atom is 0.157 e. The molecule has 0 bridgehead atoms. The summed E-state index contributed by atoms with van der Waals surface area (Å²) in [5.74, 6) is 1.27. The fourth-order valence-electron chi connectivity index (χ4n) is 4.45. The van der Waals surface area contributed by atoms with E-state index in [1.165, 1.54) is 49.9 Å². The Morgan fingerprint density at radius 2 is 1.89 bits per heavy atom. The van der Waals surface area contributed by atoms with Gasteiger partial charge in [0.2, 0.25) is 0 Å². The van der Waals surface area contributed by atoms with Crippen molar-refractivity contribution in [2.75, 3.05) is 18.0 Å². The molecule has 4 heteroatoms. The predicted molar refractivity (Wildman–Crippen MR) is 111 cm³/mol. The number of pyridine rings is 1. The van der Waals surface area contributed by atoms with Crippen molar-refractivity contribution in [2.45, 2.75) is 58.8 Å². The van der Waals surface area contributed by atoms with Crippen molar-refractivity contribution < 1.29 is 0 Å². The SMILES string of the molecule is CCCCCCCCN1CCc2c(C)c(C#N)c3nc4ccccc4n3c21. The van der Waals surface area contributed by atoms with Gasteiger partial charge in [0.15, 0.2) is 5.65 Å². The van der Waals surface area contributed by atoms with Crippen molar-refractivity contribution in [1.29, 1.82) is 5.26 Å². The molecule has 1 aliphatic heterocycles. The molecule has 0 radical (unpaired) electrons. The topological polar surface area (TPSA) is 44.3 Å². The van der Waals surface area contributed by atoms with Gasteiger partial charge in [-0.1, -0.05) is 51.2 Å². The second-order valence-corrected chi connectivity index (χ2v) is 7.68. The van der Waals surface area contributed by atoms with Crippen molar-refractivity contribution >= 4 is 22.5 Å². The van der Waals surface area contributed by atoms with Gasteiger partial charge in [0.05, 0.1) is 16.6 Å². The van der Waals surface area contributed by atoms with Crippen molar-refractivity contribution in [2.24, 2.45) is 0 Å². The minimum absolute atomic E-state index is 0.728. The Kier molecular flexibility index (Phi) is 5.03. The third-order valence-corrected chi connectivity index (χ3v) is 5.92. The van der Waals surface area contributed by atoms with Crippen LogP contribution in [0.15, 0.2) is 24.3 Å². The second kappa shape index (κ2) is 7.60. The maximum absolute atomic E-state index is 9.77. The summed E-state index contributed by atoms with van der Waals surface area (Å²) in [7, 11) is 0. The van der Waals surface area contributed by atoms with E-state index in [0.29, 0.717) is 0 Å². The summed E-state index contributed by atoms with van der Waals surface area (Å²) in [5.41, 5.74) is 6.05. The number of hydrogen-bond acceptors (Lipinski definition) is 3. The molecular weight excluding hydrogens is 332 g/mol. The predicted octanol–water partition coefficient (Wildman–Crippen LogP) is 5.39. The molecule has 27 heavy (non-hydrogen) atoms. The van der Waals surface area contributed by atoms with Crippen LogP contribution in [0.1, 0.15) is 62.1 Å². The minimum atomic E-state index is 0.728. The number of rotatable bonds is 7. The zero-order valence-electron chi connectivity index (χ0n) is 16.5. The van der Waals surface area contributed by atoms with E-state index < -0.39 is 0 Å². The normalized spacial score (nSPS) is 13.4. The molecule has 0 amide bonds. The molecule has 0 fully saturated rings. The Hall–Kier alpha value is -2.54. The van der Waals surface area contributed by atoms with E-state index in [9.17, 15) is 5.26 Å². The van der Waals surface area contributed by atoms with Gasteiger partial charge in [0.1, 0.15) is 11.9 Å². The lowest BCUT2D eigenvalue weighted by Crippen LogP contribution is -2.23. The van der Waals surface area contributed by atoms with Crippen LogP contribution in [0.5, 0.6) is 0 Å². The zero-order chi connectivity index (χ0) is 18.8. The van der Waals surface area contributed by atoms with Gasteiger partial charge in [0.25, 0.3) is 0 Å². The lowest BCUT2D eigenvalue weighted by Gasteiger charge is -2.22. The number of para-hydroxylation sites is 2. The van der Waals surface area contributed by atoms with Crippen LogP contribution in [0, 0.1) is 18.3 Å². The monoisotopic (exact) mass is 360 g/mol. The molecule has 0 saturated heterocycles. The van der Waals surface area contributed by atoms with Crippen molar-refractivity contribution in [3.8, 4) is 6.07 Å². The van der Waals surface area contributed by atoms with Crippen LogP contribution in [-0.4, -0.2) is 22.5 Å². The Bertz CT molecular complexity index is 1010. The zero-order valence-corrected chi connectivity index (χ0v) is 16.5. The number of nitrogens with zero attached hydrogens (tertiary/aromatic N) is 4. The van der Waals surface area contributed by atoms with E-state index in [2.05, 4.69) is 41.4 Å². The molecule has 0 aliphatic carbocycles. The highest BCUT2D eigenvalue weighted by molar-refractivity contribution is 5.86. The first-order valence-electron chi connectivity index (χ1n) is 10.3. The van der Waals surface area contributed by atoms with Crippen LogP contribution in [0.2, 0.25) is 0 Å². The van der Waals surface area contributed by atoms with Crippen LogP contribution < -0.4 is 4.90 Å². The first-order valence-corrected chi connectivity index (χ1v) is 10.3. The third-order valence-electron chi connectivity index (χ3n) is 5.92. The van der Waals surface area contributed by atoms with Gasteiger partial charge in [-0.05, 0) is 43.0 Å². The van der Waals surface area contributed by atoms with Gasteiger partial charge in [-0.25, -0.2) is 4.98 Å². The summed E-state index contributed by atoms with van der Waals surface area (Å²) in [4.78, 5) is 7.32. The number of fused-ring (bicyclic) bond motifs is 5. The number of imidazole rings is 1. The maximum atomic E-state index is 9.77. The highest BCUT2D eigenvalue weighted by Gasteiger charge is 2.28. The smallest absolute Gasteiger partial charge is 0.157 e. The number of anilines is 1. The van der Waals surface area contributed by atoms with Gasteiger partial charge >= 0.3 is 0 Å². The largest absolute Gasteiger partial charge is 0.357 e. The van der Waals surface area contributed by atoms with Crippen LogP contribution in [-0.2, 0) is 6.42 Å². The number of hydrogen-bond donors (Lipinski definition) is 0. The lowest BCUT2D eigenvalue weighted by atomic mass is 10.0. The summed E-state index contributed by atoms with van der Waals surface area (Å²) >= 11 is 0. The quantitative estimate of drug-likeness (QED) is 0.531. The Labute approximate surface area is 161 Å². The molecule has 3 aromatic rings. The average Bonchev–Trinajstić information content (AvgIpc) is 3.26. The highest BCUT2D eigenvalue weighted by atomic mass is 15.3. The molecule has 0 atom stereocenters. The van der Waals surface area contributed by atoms with Crippen molar-refractivity contribution in [3.63, 3.8) is 0 Å². The average molecular weight is 361 g/mol. The lowest BCUT2D eigenvalue weighted by molar-refractivity contribution is 0.600. The fraction of sp³-hybridized carbons (Fsp3) is 0.478. The molecule has 140 valence electrons. The molecule has 3 heterocycles. The van der Waals surface area contributed by atoms with Gasteiger partial charge < -0.3 is 4.90 Å². The Morgan fingerprint density at radius 3 is 2.70 bits per heavy atom. The van der Waals surface area contributed by atoms with Gasteiger partial charge in [-0.2, -0.15) is 5.26 Å². The van der Waals surface area contributed by atoms with Crippen LogP contribution in [0.25, 0.3) is 16.7 Å². The molecule has 1 aromatic carbocycles. The number of benzene rings is 1. The van der Waals surface area contributed by atoms with Crippen LogP contribution in [0.3, 0.4) is 0 Å². The van der Waals surface area contributed by atoms with Gasteiger partial charge in [-0.15, -0.1) is 0 Å². The molecule has 0 spiro atoms. The van der Waals surface area contributed by atoms with E-state index in [4.69, 9.17) is 4.98 Å². The molecule has 1 aliphatic rings. The Morgan fingerprint density at radius 1 is 1.11 bits per heavy atom. The molecule has 0 unspecified atom stereocenters. The molecule has 4 nitrogen and oxygen atoms in total. The summed E-state index contributed by atoms with van der Waals surface area (Å²) in [5, 5.41) is 9.77. The van der Waals surface area contributed by atoms with Gasteiger partial charge in [-0.3, -0.25) is 4.40 Å². The molecule has 4 rings (SSSR count). The van der Waals surface area contributed by atoms with Crippen molar-refractivity contribution in [3.05, 3.63) is 41.0 Å². The first-order chi connectivity index (χ1) is 13.3. The van der Waals surface area contributed by atoms with E-state index in [1.807, 2.05) is 12.1 Å². The van der Waals surface area contributed by atoms with Gasteiger partial charge in [0, 0.05) is 13.1 Å². The number of nitriles is 1. The summed E-state index contributed by atoms with van der Waals surface area (Å²) in [6.07, 6.45) is 8.90. The van der Waals surface area contributed by atoms with Crippen LogP contribution >= 0.6 is 0 Å². The number of aromatic nitrogens is 2. The summed E-state index contributed by atoms with van der Waals surface area (Å²) in [6.45, 7) is 6.48. The third kappa shape index (κ3) is 3.06. The molecule has 0 saturated carbocycles.